The average molecular weight is 228 g/mol. The normalized spacial score (nSPS) is 20.7. The summed E-state index contributed by atoms with van der Waals surface area (Å²) >= 11 is 0. The molecule has 0 aromatic heterocycles. The Morgan fingerprint density at radius 3 is 2.75 bits per heavy atom. The highest BCUT2D eigenvalue weighted by Gasteiger charge is 2.17. The van der Waals surface area contributed by atoms with E-state index in [-0.39, 0.29) is 12.3 Å². The van der Waals surface area contributed by atoms with Crippen molar-refractivity contribution in [3.8, 4) is 0 Å². The molecule has 0 aromatic rings. The molecule has 1 saturated heterocycles. The summed E-state index contributed by atoms with van der Waals surface area (Å²) in [6, 6.07) is 0. The number of hydrogen-bond acceptors (Lipinski definition) is 3. The molecule has 3 heteroatoms. The van der Waals surface area contributed by atoms with E-state index in [2.05, 4.69) is 6.92 Å². The molecule has 1 atom stereocenters. The molecule has 1 aliphatic rings. The van der Waals surface area contributed by atoms with E-state index >= 15 is 0 Å². The largest absolute Gasteiger partial charge is 0.436 e. The van der Waals surface area contributed by atoms with Gasteiger partial charge in [0.2, 0.25) is 6.29 Å². The topological polar surface area (TPSA) is 35.5 Å². The average Bonchev–Trinajstić information content (AvgIpc) is 2.30. The Hall–Kier alpha value is -0.570. The van der Waals surface area contributed by atoms with Crippen LogP contribution >= 0.6 is 0 Å². The first-order chi connectivity index (χ1) is 7.83. The van der Waals surface area contributed by atoms with E-state index in [1.54, 1.807) is 0 Å². The van der Waals surface area contributed by atoms with Crippen molar-refractivity contribution in [2.24, 2.45) is 0 Å². The highest BCUT2D eigenvalue weighted by molar-refractivity contribution is 5.69. The number of ether oxygens (including phenoxy) is 2. The first-order valence-corrected chi connectivity index (χ1v) is 6.64. The molecule has 0 bridgehead atoms. The van der Waals surface area contributed by atoms with Gasteiger partial charge in [0.25, 0.3) is 0 Å². The first kappa shape index (κ1) is 13.5. The van der Waals surface area contributed by atoms with Crippen LogP contribution < -0.4 is 0 Å². The Morgan fingerprint density at radius 1 is 1.25 bits per heavy atom. The molecule has 94 valence electrons. The van der Waals surface area contributed by atoms with E-state index in [9.17, 15) is 4.79 Å². The zero-order chi connectivity index (χ0) is 11.6. The number of hydrogen-bond donors (Lipinski definition) is 0. The van der Waals surface area contributed by atoms with E-state index in [0.717, 1.165) is 38.7 Å². The van der Waals surface area contributed by atoms with Gasteiger partial charge < -0.3 is 9.47 Å². The fourth-order valence-corrected chi connectivity index (χ4v) is 1.88. The molecule has 0 aromatic carbocycles. The molecule has 1 aliphatic heterocycles. The lowest BCUT2D eigenvalue weighted by Gasteiger charge is -2.22. The van der Waals surface area contributed by atoms with Crippen LogP contribution in [0, 0.1) is 0 Å². The molecule has 3 nitrogen and oxygen atoms in total. The number of rotatable bonds is 7. The van der Waals surface area contributed by atoms with Gasteiger partial charge in [-0.15, -0.1) is 0 Å². The summed E-state index contributed by atoms with van der Waals surface area (Å²) in [7, 11) is 0. The van der Waals surface area contributed by atoms with Gasteiger partial charge in [0, 0.05) is 12.8 Å². The molecule has 0 spiro atoms. The molecule has 1 rings (SSSR count). The van der Waals surface area contributed by atoms with Gasteiger partial charge in [0.05, 0.1) is 6.61 Å². The van der Waals surface area contributed by atoms with Gasteiger partial charge in [-0.3, -0.25) is 4.79 Å². The van der Waals surface area contributed by atoms with Crippen LogP contribution in [0.1, 0.15) is 64.7 Å². The molecular weight excluding hydrogens is 204 g/mol. The highest BCUT2D eigenvalue weighted by Crippen LogP contribution is 2.15. The van der Waals surface area contributed by atoms with Crippen molar-refractivity contribution in [1.82, 2.24) is 0 Å². The third kappa shape index (κ3) is 6.11. The zero-order valence-corrected chi connectivity index (χ0v) is 10.4. The Bertz CT molecular complexity index is 186. The minimum Gasteiger partial charge on any atom is -0.436 e. The van der Waals surface area contributed by atoms with Crippen molar-refractivity contribution in [1.29, 1.82) is 0 Å². The fraction of sp³-hybridized carbons (Fsp3) is 0.923. The van der Waals surface area contributed by atoms with Crippen molar-refractivity contribution < 1.29 is 14.3 Å². The van der Waals surface area contributed by atoms with Crippen molar-refractivity contribution in [2.45, 2.75) is 71.0 Å². The predicted octanol–water partition coefficient (Wildman–Crippen LogP) is 3.42. The van der Waals surface area contributed by atoms with Crippen molar-refractivity contribution in [3.63, 3.8) is 0 Å². The summed E-state index contributed by atoms with van der Waals surface area (Å²) in [5.41, 5.74) is 0. The molecular formula is C13H24O3. The monoisotopic (exact) mass is 228 g/mol. The van der Waals surface area contributed by atoms with Gasteiger partial charge in [0.1, 0.15) is 0 Å². The number of carbonyl (C=O) groups is 1. The molecule has 1 heterocycles. The number of esters is 1. The van der Waals surface area contributed by atoms with Gasteiger partial charge in [-0.1, -0.05) is 32.6 Å². The van der Waals surface area contributed by atoms with Crippen LogP contribution in [0.4, 0.5) is 0 Å². The first-order valence-electron chi connectivity index (χ1n) is 6.64. The van der Waals surface area contributed by atoms with E-state index in [1.807, 2.05) is 0 Å². The van der Waals surface area contributed by atoms with E-state index in [0.29, 0.717) is 6.42 Å². The van der Waals surface area contributed by atoms with Crippen LogP contribution in [0.5, 0.6) is 0 Å². The standard InChI is InChI=1S/C13H24O3/c1-2-3-4-5-6-9-12(14)16-13-10-7-8-11-15-13/h13H,2-11H2,1H3. The molecule has 0 radical (unpaired) electrons. The van der Waals surface area contributed by atoms with E-state index in [4.69, 9.17) is 9.47 Å². The van der Waals surface area contributed by atoms with Crippen LogP contribution in [0.25, 0.3) is 0 Å². The van der Waals surface area contributed by atoms with Gasteiger partial charge in [0.15, 0.2) is 0 Å². The maximum atomic E-state index is 11.4. The lowest BCUT2D eigenvalue weighted by molar-refractivity contribution is -0.186. The summed E-state index contributed by atoms with van der Waals surface area (Å²) < 4.78 is 10.6. The Balaban J connectivity index is 1.97. The summed E-state index contributed by atoms with van der Waals surface area (Å²) in [5, 5.41) is 0. The molecule has 0 saturated carbocycles. The summed E-state index contributed by atoms with van der Waals surface area (Å²) in [4.78, 5) is 11.4. The molecule has 0 aliphatic carbocycles. The smallest absolute Gasteiger partial charge is 0.308 e. The second-order valence-electron chi connectivity index (χ2n) is 4.45. The highest BCUT2D eigenvalue weighted by atomic mass is 16.7. The minimum atomic E-state index is -0.267. The quantitative estimate of drug-likeness (QED) is 0.495. The summed E-state index contributed by atoms with van der Waals surface area (Å²) in [6.07, 6.45) is 9.15. The van der Waals surface area contributed by atoms with Crippen LogP contribution in [0.3, 0.4) is 0 Å². The van der Waals surface area contributed by atoms with Crippen LogP contribution in [0.15, 0.2) is 0 Å². The molecule has 0 N–H and O–H groups in total. The number of carbonyl (C=O) groups excluding carboxylic acids is 1. The Morgan fingerprint density at radius 2 is 2.06 bits per heavy atom. The predicted molar refractivity (Wildman–Crippen MR) is 63.1 cm³/mol. The van der Waals surface area contributed by atoms with Gasteiger partial charge in [-0.2, -0.15) is 0 Å². The van der Waals surface area contributed by atoms with E-state index < -0.39 is 0 Å². The Labute approximate surface area is 98.5 Å². The van der Waals surface area contributed by atoms with Gasteiger partial charge >= 0.3 is 5.97 Å². The second kappa shape index (κ2) is 8.57. The zero-order valence-electron chi connectivity index (χ0n) is 10.4. The third-order valence-corrected chi connectivity index (χ3v) is 2.89. The van der Waals surface area contributed by atoms with Crippen LogP contribution in [-0.4, -0.2) is 18.9 Å². The fourth-order valence-electron chi connectivity index (χ4n) is 1.88. The third-order valence-electron chi connectivity index (χ3n) is 2.89. The molecule has 0 amide bonds. The van der Waals surface area contributed by atoms with Crippen LogP contribution in [-0.2, 0) is 14.3 Å². The lowest BCUT2D eigenvalue weighted by Crippen LogP contribution is -2.25. The SMILES string of the molecule is CCCCCCCC(=O)OC1CCCCO1. The van der Waals surface area contributed by atoms with Gasteiger partial charge in [-0.05, 0) is 19.3 Å². The van der Waals surface area contributed by atoms with Crippen LogP contribution in [0.2, 0.25) is 0 Å². The molecule has 16 heavy (non-hydrogen) atoms. The van der Waals surface area contributed by atoms with E-state index in [1.165, 1.54) is 19.3 Å². The van der Waals surface area contributed by atoms with Crippen molar-refractivity contribution in [3.05, 3.63) is 0 Å². The summed E-state index contributed by atoms with van der Waals surface area (Å²) in [5.74, 6) is -0.0941. The molecule has 1 unspecified atom stereocenters. The lowest BCUT2D eigenvalue weighted by atomic mass is 10.1. The maximum absolute atomic E-state index is 11.4. The van der Waals surface area contributed by atoms with Gasteiger partial charge in [-0.25, -0.2) is 0 Å². The van der Waals surface area contributed by atoms with Crippen molar-refractivity contribution in [2.75, 3.05) is 6.61 Å². The van der Waals surface area contributed by atoms with Crippen molar-refractivity contribution >= 4 is 5.97 Å². The minimum absolute atomic E-state index is 0.0941. The summed E-state index contributed by atoms with van der Waals surface area (Å²) in [6.45, 7) is 2.92. The molecule has 1 fully saturated rings. The number of unbranched alkanes of at least 4 members (excludes halogenated alkanes) is 4. The second-order valence-corrected chi connectivity index (χ2v) is 4.45. The Kier molecular flexibility index (Phi) is 7.23. The maximum Gasteiger partial charge on any atom is 0.308 e.